The molecular formula is C23H29NO2. The maximum atomic E-state index is 12.5. The lowest BCUT2D eigenvalue weighted by Crippen LogP contribution is -2.41. The summed E-state index contributed by atoms with van der Waals surface area (Å²) in [5.41, 5.74) is 2.52. The minimum Gasteiger partial charge on any atom is -0.376 e. The molecule has 3 nitrogen and oxygen atoms in total. The van der Waals surface area contributed by atoms with Gasteiger partial charge in [-0.2, -0.15) is 0 Å². The number of aryl methyl sites for hydroxylation is 1. The molecule has 0 aliphatic carbocycles. The molecule has 26 heavy (non-hydrogen) atoms. The average molecular weight is 351 g/mol. The van der Waals surface area contributed by atoms with Gasteiger partial charge in [0.1, 0.15) is 0 Å². The first-order chi connectivity index (χ1) is 12.8. The number of ether oxygens (including phenoxy) is 1. The van der Waals surface area contributed by atoms with Crippen LogP contribution in [0.4, 0.5) is 0 Å². The molecule has 0 N–H and O–H groups in total. The molecule has 2 aromatic rings. The molecule has 1 atom stereocenters. The number of piperidine rings is 1. The van der Waals surface area contributed by atoms with Crippen LogP contribution in [0.25, 0.3) is 0 Å². The molecule has 1 amide bonds. The minimum absolute atomic E-state index is 0.300. The van der Waals surface area contributed by atoms with Crippen molar-refractivity contribution >= 4 is 5.91 Å². The van der Waals surface area contributed by atoms with Crippen molar-refractivity contribution in [2.75, 3.05) is 19.7 Å². The lowest BCUT2D eigenvalue weighted by Gasteiger charge is -2.32. The third-order valence-corrected chi connectivity index (χ3v) is 5.04. The van der Waals surface area contributed by atoms with E-state index in [-0.39, 0.29) is 0 Å². The van der Waals surface area contributed by atoms with Gasteiger partial charge >= 0.3 is 0 Å². The number of hydrogen-bond acceptors (Lipinski definition) is 2. The maximum absolute atomic E-state index is 12.5. The summed E-state index contributed by atoms with van der Waals surface area (Å²) >= 11 is 0. The van der Waals surface area contributed by atoms with Crippen LogP contribution in [0, 0.1) is 5.92 Å². The van der Waals surface area contributed by atoms with Gasteiger partial charge in [0, 0.05) is 19.5 Å². The molecule has 138 valence electrons. The van der Waals surface area contributed by atoms with Crippen LogP contribution < -0.4 is 0 Å². The van der Waals surface area contributed by atoms with Crippen molar-refractivity contribution < 1.29 is 9.53 Å². The molecule has 0 bridgehead atoms. The monoisotopic (exact) mass is 351 g/mol. The second-order valence-electron chi connectivity index (χ2n) is 7.19. The van der Waals surface area contributed by atoms with Crippen LogP contribution in [0.3, 0.4) is 0 Å². The van der Waals surface area contributed by atoms with E-state index in [1.165, 1.54) is 11.1 Å². The topological polar surface area (TPSA) is 29.5 Å². The molecule has 1 aliphatic heterocycles. The van der Waals surface area contributed by atoms with Gasteiger partial charge < -0.3 is 9.64 Å². The van der Waals surface area contributed by atoms with Crippen molar-refractivity contribution in [3.8, 4) is 0 Å². The van der Waals surface area contributed by atoms with E-state index in [1.54, 1.807) is 0 Å². The first-order valence-electron chi connectivity index (χ1n) is 9.74. The molecule has 3 heteroatoms. The summed E-state index contributed by atoms with van der Waals surface area (Å²) in [7, 11) is 0. The predicted octanol–water partition coefficient (Wildman–Crippen LogP) is 4.46. The average Bonchev–Trinajstić information content (AvgIpc) is 2.70. The van der Waals surface area contributed by atoms with Crippen LogP contribution in [-0.2, 0) is 22.6 Å². The highest BCUT2D eigenvalue weighted by atomic mass is 16.5. The van der Waals surface area contributed by atoms with Gasteiger partial charge in [-0.25, -0.2) is 0 Å². The lowest BCUT2D eigenvalue weighted by molar-refractivity contribution is -0.133. The summed E-state index contributed by atoms with van der Waals surface area (Å²) < 4.78 is 5.89. The third-order valence-electron chi connectivity index (χ3n) is 5.04. The molecule has 0 spiro atoms. The van der Waals surface area contributed by atoms with Crippen LogP contribution in [0.15, 0.2) is 60.7 Å². The van der Waals surface area contributed by atoms with Crippen molar-refractivity contribution in [3.05, 3.63) is 71.8 Å². The molecule has 0 aromatic heterocycles. The summed E-state index contributed by atoms with van der Waals surface area (Å²) in [5, 5.41) is 0. The van der Waals surface area contributed by atoms with E-state index in [4.69, 9.17) is 4.74 Å². The van der Waals surface area contributed by atoms with Crippen LogP contribution in [0.5, 0.6) is 0 Å². The zero-order valence-electron chi connectivity index (χ0n) is 15.5. The van der Waals surface area contributed by atoms with Gasteiger partial charge in [0.05, 0.1) is 13.2 Å². The van der Waals surface area contributed by atoms with Gasteiger partial charge in [-0.15, -0.1) is 0 Å². The van der Waals surface area contributed by atoms with Gasteiger partial charge in [-0.05, 0) is 42.7 Å². The van der Waals surface area contributed by atoms with Gasteiger partial charge in [0.15, 0.2) is 0 Å². The van der Waals surface area contributed by atoms with Crippen LogP contribution in [0.2, 0.25) is 0 Å². The Labute approximate surface area is 157 Å². The highest BCUT2D eigenvalue weighted by Gasteiger charge is 2.23. The fraction of sp³-hybridized carbons (Fsp3) is 0.435. The van der Waals surface area contributed by atoms with Gasteiger partial charge in [0.2, 0.25) is 5.91 Å². The molecule has 0 radical (unpaired) electrons. The van der Waals surface area contributed by atoms with E-state index in [0.717, 1.165) is 45.4 Å². The van der Waals surface area contributed by atoms with Gasteiger partial charge in [0.25, 0.3) is 0 Å². The third kappa shape index (κ3) is 5.99. The summed E-state index contributed by atoms with van der Waals surface area (Å²) in [4.78, 5) is 14.6. The molecule has 0 saturated carbocycles. The predicted molar refractivity (Wildman–Crippen MR) is 105 cm³/mol. The normalized spacial score (nSPS) is 17.2. The molecule has 1 saturated heterocycles. The number of amides is 1. The molecule has 3 rings (SSSR count). The lowest BCUT2D eigenvalue weighted by atomic mass is 9.98. The van der Waals surface area contributed by atoms with E-state index in [9.17, 15) is 4.79 Å². The summed E-state index contributed by atoms with van der Waals surface area (Å²) in [6, 6.07) is 20.7. The molecule has 1 fully saturated rings. The number of benzene rings is 2. The Morgan fingerprint density at radius 2 is 1.69 bits per heavy atom. The Balaban J connectivity index is 1.36. The van der Waals surface area contributed by atoms with E-state index in [1.807, 2.05) is 29.2 Å². The van der Waals surface area contributed by atoms with E-state index >= 15 is 0 Å². The highest BCUT2D eigenvalue weighted by molar-refractivity contribution is 5.76. The highest BCUT2D eigenvalue weighted by Crippen LogP contribution is 2.19. The van der Waals surface area contributed by atoms with Gasteiger partial charge in [-0.3, -0.25) is 4.79 Å². The van der Waals surface area contributed by atoms with Crippen molar-refractivity contribution in [1.82, 2.24) is 4.90 Å². The van der Waals surface area contributed by atoms with Crippen molar-refractivity contribution in [2.45, 2.75) is 38.7 Å². The second kappa shape index (κ2) is 10.1. The molecule has 1 heterocycles. The second-order valence-corrected chi connectivity index (χ2v) is 7.19. The Kier molecular flexibility index (Phi) is 7.26. The molecule has 1 aliphatic rings. The number of rotatable bonds is 8. The molecule has 2 aromatic carbocycles. The zero-order valence-corrected chi connectivity index (χ0v) is 15.5. The SMILES string of the molecule is O=C(CCCc1ccccc1)N1CCCC(COCc2ccccc2)C1. The number of nitrogens with zero attached hydrogens (tertiary/aromatic N) is 1. The quantitative estimate of drug-likeness (QED) is 0.702. The van der Waals surface area contributed by atoms with E-state index in [0.29, 0.717) is 24.9 Å². The Morgan fingerprint density at radius 1 is 1.00 bits per heavy atom. The Hall–Kier alpha value is -2.13. The fourth-order valence-electron chi connectivity index (χ4n) is 3.59. The first-order valence-corrected chi connectivity index (χ1v) is 9.74. The summed E-state index contributed by atoms with van der Waals surface area (Å²) in [6.07, 6.45) is 4.79. The van der Waals surface area contributed by atoms with Crippen LogP contribution in [0.1, 0.15) is 36.8 Å². The summed E-state index contributed by atoms with van der Waals surface area (Å²) in [5.74, 6) is 0.763. The van der Waals surface area contributed by atoms with Crippen molar-refractivity contribution in [3.63, 3.8) is 0 Å². The molecular weight excluding hydrogens is 322 g/mol. The number of carbonyl (C=O) groups is 1. The van der Waals surface area contributed by atoms with Crippen molar-refractivity contribution in [2.24, 2.45) is 5.92 Å². The Bertz CT molecular complexity index is 656. The largest absolute Gasteiger partial charge is 0.376 e. The first kappa shape index (κ1) is 18.7. The standard InChI is InChI=1S/C23H29NO2/c25-23(15-7-13-20-9-3-1-4-10-20)24-16-8-14-22(17-24)19-26-18-21-11-5-2-6-12-21/h1-6,9-12,22H,7-8,13-19H2. The fourth-order valence-corrected chi connectivity index (χ4v) is 3.59. The summed E-state index contributed by atoms with van der Waals surface area (Å²) in [6.45, 7) is 3.14. The number of likely N-dealkylation sites (tertiary alicyclic amines) is 1. The molecule has 1 unspecified atom stereocenters. The van der Waals surface area contributed by atoms with E-state index < -0.39 is 0 Å². The van der Waals surface area contributed by atoms with Crippen LogP contribution in [-0.4, -0.2) is 30.5 Å². The van der Waals surface area contributed by atoms with Gasteiger partial charge in [-0.1, -0.05) is 60.7 Å². The number of carbonyl (C=O) groups excluding carboxylic acids is 1. The smallest absolute Gasteiger partial charge is 0.222 e. The Morgan fingerprint density at radius 3 is 2.42 bits per heavy atom. The van der Waals surface area contributed by atoms with Crippen molar-refractivity contribution in [1.29, 1.82) is 0 Å². The van der Waals surface area contributed by atoms with Crippen LogP contribution >= 0.6 is 0 Å². The maximum Gasteiger partial charge on any atom is 0.222 e. The minimum atomic E-state index is 0.300. The van der Waals surface area contributed by atoms with E-state index in [2.05, 4.69) is 36.4 Å². The zero-order chi connectivity index (χ0) is 18.0. The number of hydrogen-bond donors (Lipinski definition) is 0.